The van der Waals surface area contributed by atoms with E-state index in [2.05, 4.69) is 22.8 Å². The fourth-order valence-corrected chi connectivity index (χ4v) is 3.61. The van der Waals surface area contributed by atoms with Gasteiger partial charge in [-0.15, -0.1) is 0 Å². The van der Waals surface area contributed by atoms with E-state index in [1.165, 1.54) is 0 Å². The van der Waals surface area contributed by atoms with E-state index in [0.717, 1.165) is 34.5 Å². The third kappa shape index (κ3) is 6.91. The van der Waals surface area contributed by atoms with Crippen molar-refractivity contribution in [2.75, 3.05) is 13.2 Å². The predicted molar refractivity (Wildman–Crippen MR) is 144 cm³/mol. The Hall–Kier alpha value is -4.72. The fourth-order valence-electron chi connectivity index (χ4n) is 3.61. The maximum absolute atomic E-state index is 12.3. The maximum Gasteiger partial charge on any atom is 0.259 e. The van der Waals surface area contributed by atoms with Gasteiger partial charge in [0.2, 0.25) is 0 Å². The van der Waals surface area contributed by atoms with Gasteiger partial charge in [-0.25, -0.2) is 10.1 Å². The molecule has 2 amide bonds. The average Bonchev–Trinajstić information content (AvgIpc) is 3.35. The molecule has 4 aromatic rings. The number of aryl methyl sites for hydroxylation is 1. The van der Waals surface area contributed by atoms with E-state index in [0.29, 0.717) is 17.9 Å². The lowest BCUT2D eigenvalue weighted by atomic mass is 10.1. The van der Waals surface area contributed by atoms with Gasteiger partial charge in [-0.05, 0) is 61.9 Å². The van der Waals surface area contributed by atoms with E-state index in [1.807, 2.05) is 73.8 Å². The van der Waals surface area contributed by atoms with E-state index >= 15 is 0 Å². The smallest absolute Gasteiger partial charge is 0.259 e. The van der Waals surface area contributed by atoms with Crippen molar-refractivity contribution in [2.24, 2.45) is 5.10 Å². The van der Waals surface area contributed by atoms with Crippen LogP contribution in [-0.4, -0.2) is 41.0 Å². The summed E-state index contributed by atoms with van der Waals surface area (Å²) in [5.74, 6) is 0.0376. The number of hydrogen-bond acceptors (Lipinski definition) is 5. The first kappa shape index (κ1) is 25.4. The van der Waals surface area contributed by atoms with Crippen LogP contribution in [0.1, 0.15) is 34.8 Å². The first-order valence-electron chi connectivity index (χ1n) is 12.1. The van der Waals surface area contributed by atoms with Gasteiger partial charge in [0.15, 0.2) is 0 Å². The second-order valence-electron chi connectivity index (χ2n) is 8.43. The van der Waals surface area contributed by atoms with Crippen LogP contribution in [0.25, 0.3) is 16.9 Å². The monoisotopic (exact) mass is 495 g/mol. The molecular formula is C29H29N5O3. The molecule has 0 bridgehead atoms. The Morgan fingerprint density at radius 2 is 1.81 bits per heavy atom. The summed E-state index contributed by atoms with van der Waals surface area (Å²) in [5, 5.41) is 11.5. The Morgan fingerprint density at radius 3 is 2.54 bits per heavy atom. The number of para-hydroxylation sites is 1. The Bertz CT molecular complexity index is 1380. The molecule has 0 fully saturated rings. The highest BCUT2D eigenvalue weighted by molar-refractivity contribution is 5.96. The molecule has 0 aliphatic carbocycles. The summed E-state index contributed by atoms with van der Waals surface area (Å²) >= 11 is 0. The SMILES string of the molecule is CCCOc1ccc(-c2nn(-c3ccccc3)cc2/C=N/NC(=O)CNC(=O)c2cccc(C)c2)cc1. The number of amides is 2. The van der Waals surface area contributed by atoms with Crippen LogP contribution in [0, 0.1) is 6.92 Å². The van der Waals surface area contributed by atoms with Gasteiger partial charge in [0.1, 0.15) is 11.4 Å². The van der Waals surface area contributed by atoms with Crippen LogP contribution >= 0.6 is 0 Å². The van der Waals surface area contributed by atoms with Crippen LogP contribution in [0.4, 0.5) is 0 Å². The first-order chi connectivity index (χ1) is 18.0. The molecule has 8 heteroatoms. The second-order valence-corrected chi connectivity index (χ2v) is 8.43. The van der Waals surface area contributed by atoms with Crippen LogP contribution in [-0.2, 0) is 4.79 Å². The Balaban J connectivity index is 1.46. The molecule has 0 atom stereocenters. The van der Waals surface area contributed by atoms with E-state index in [9.17, 15) is 9.59 Å². The minimum atomic E-state index is -0.438. The van der Waals surface area contributed by atoms with Crippen LogP contribution in [0.3, 0.4) is 0 Å². The number of carbonyl (C=O) groups excluding carboxylic acids is 2. The molecule has 0 saturated carbocycles. The summed E-state index contributed by atoms with van der Waals surface area (Å²) in [6.45, 7) is 4.43. The van der Waals surface area contributed by atoms with Crippen molar-refractivity contribution in [2.45, 2.75) is 20.3 Å². The van der Waals surface area contributed by atoms with Crippen molar-refractivity contribution in [1.29, 1.82) is 0 Å². The maximum atomic E-state index is 12.3. The largest absolute Gasteiger partial charge is 0.494 e. The summed E-state index contributed by atoms with van der Waals surface area (Å²) in [6.07, 6.45) is 4.33. The zero-order valence-corrected chi connectivity index (χ0v) is 20.8. The molecule has 1 aromatic heterocycles. The number of hydrazone groups is 1. The highest BCUT2D eigenvalue weighted by atomic mass is 16.5. The standard InChI is InChI=1S/C29H29N5O3/c1-3-16-37-26-14-12-22(13-15-26)28-24(20-34(33-28)25-10-5-4-6-11-25)18-31-32-27(35)19-30-29(36)23-9-7-8-21(2)17-23/h4-15,17-18,20H,3,16,19H2,1-2H3,(H,30,36)(H,32,35)/b31-18+. The number of nitrogens with one attached hydrogen (secondary N) is 2. The molecular weight excluding hydrogens is 466 g/mol. The van der Waals surface area contributed by atoms with Crippen LogP contribution in [0.2, 0.25) is 0 Å². The lowest BCUT2D eigenvalue weighted by molar-refractivity contribution is -0.120. The number of ether oxygens (including phenoxy) is 1. The van der Waals surface area contributed by atoms with Crippen molar-refractivity contribution in [3.8, 4) is 22.7 Å². The molecule has 8 nitrogen and oxygen atoms in total. The molecule has 0 saturated heterocycles. The third-order valence-electron chi connectivity index (χ3n) is 5.45. The Morgan fingerprint density at radius 1 is 1.03 bits per heavy atom. The number of aromatic nitrogens is 2. The van der Waals surface area contributed by atoms with E-state index in [4.69, 9.17) is 9.84 Å². The molecule has 1 heterocycles. The molecule has 0 spiro atoms. The van der Waals surface area contributed by atoms with Gasteiger partial charge in [-0.3, -0.25) is 9.59 Å². The average molecular weight is 496 g/mol. The highest BCUT2D eigenvalue weighted by Gasteiger charge is 2.12. The lowest BCUT2D eigenvalue weighted by Gasteiger charge is -2.06. The molecule has 0 radical (unpaired) electrons. The number of carbonyl (C=O) groups is 2. The summed E-state index contributed by atoms with van der Waals surface area (Å²) in [7, 11) is 0. The highest BCUT2D eigenvalue weighted by Crippen LogP contribution is 2.25. The van der Waals surface area contributed by atoms with Gasteiger partial charge < -0.3 is 10.1 Å². The van der Waals surface area contributed by atoms with E-state index < -0.39 is 5.91 Å². The summed E-state index contributed by atoms with van der Waals surface area (Å²) in [6, 6.07) is 24.6. The molecule has 2 N–H and O–H groups in total. The summed E-state index contributed by atoms with van der Waals surface area (Å²) in [4.78, 5) is 24.5. The topological polar surface area (TPSA) is 97.6 Å². The molecule has 188 valence electrons. The second kappa shape index (κ2) is 12.3. The van der Waals surface area contributed by atoms with Gasteiger partial charge >= 0.3 is 0 Å². The quantitative estimate of drug-likeness (QED) is 0.250. The van der Waals surface area contributed by atoms with Crippen molar-refractivity contribution in [3.05, 3.63) is 102 Å². The Kier molecular flexibility index (Phi) is 8.44. The lowest BCUT2D eigenvalue weighted by Crippen LogP contribution is -2.34. The number of rotatable bonds is 10. The third-order valence-corrected chi connectivity index (χ3v) is 5.45. The molecule has 0 aliphatic heterocycles. The zero-order valence-electron chi connectivity index (χ0n) is 20.8. The minimum absolute atomic E-state index is 0.195. The summed E-state index contributed by atoms with van der Waals surface area (Å²) < 4.78 is 7.45. The number of nitrogens with zero attached hydrogens (tertiary/aromatic N) is 3. The van der Waals surface area contributed by atoms with Gasteiger partial charge in [-0.2, -0.15) is 10.2 Å². The van der Waals surface area contributed by atoms with Crippen molar-refractivity contribution >= 4 is 18.0 Å². The van der Waals surface area contributed by atoms with Crippen LogP contribution in [0.5, 0.6) is 5.75 Å². The van der Waals surface area contributed by atoms with Crippen molar-refractivity contribution < 1.29 is 14.3 Å². The molecule has 0 aliphatic rings. The van der Waals surface area contributed by atoms with Crippen molar-refractivity contribution in [3.63, 3.8) is 0 Å². The molecule has 0 unspecified atom stereocenters. The zero-order chi connectivity index (χ0) is 26.0. The number of benzene rings is 3. The predicted octanol–water partition coefficient (Wildman–Crippen LogP) is 4.52. The van der Waals surface area contributed by atoms with Gasteiger partial charge in [-0.1, -0.05) is 42.8 Å². The summed E-state index contributed by atoms with van der Waals surface area (Å²) in [5.41, 5.74) is 7.14. The van der Waals surface area contributed by atoms with Crippen LogP contribution in [0.15, 0.2) is 90.2 Å². The Labute approximate surface area is 216 Å². The van der Waals surface area contributed by atoms with Gasteiger partial charge in [0, 0.05) is 22.9 Å². The molecule has 37 heavy (non-hydrogen) atoms. The van der Waals surface area contributed by atoms with Gasteiger partial charge in [0.25, 0.3) is 11.8 Å². The van der Waals surface area contributed by atoms with Crippen molar-refractivity contribution in [1.82, 2.24) is 20.5 Å². The van der Waals surface area contributed by atoms with E-state index in [-0.39, 0.29) is 12.5 Å². The minimum Gasteiger partial charge on any atom is -0.494 e. The fraction of sp³-hybridized carbons (Fsp3) is 0.172. The van der Waals surface area contributed by atoms with E-state index in [1.54, 1.807) is 29.1 Å². The number of hydrogen-bond donors (Lipinski definition) is 2. The van der Waals surface area contributed by atoms with Crippen LogP contribution < -0.4 is 15.5 Å². The molecule has 3 aromatic carbocycles. The normalized spacial score (nSPS) is 10.9. The first-order valence-corrected chi connectivity index (χ1v) is 12.1. The van der Waals surface area contributed by atoms with Gasteiger partial charge in [0.05, 0.1) is 25.1 Å². The molecule has 4 rings (SSSR count).